The van der Waals surface area contributed by atoms with Crippen LogP contribution in [0, 0.1) is 17.2 Å². The van der Waals surface area contributed by atoms with Crippen molar-refractivity contribution in [2.75, 3.05) is 19.7 Å². The zero-order chi connectivity index (χ0) is 22.7. The number of aromatic amines is 1. The van der Waals surface area contributed by atoms with E-state index in [0.29, 0.717) is 23.9 Å². The Balaban J connectivity index is 1.36. The second-order valence-electron chi connectivity index (χ2n) is 7.25. The SMILES string of the molecule is N#C/C(=C(\O)COC(=O)C1CCN(S(=O)(=O)c2cccs2)CC1)c1nc2ccccc2[nH]1. The predicted octanol–water partition coefficient (Wildman–Crippen LogP) is 3.06. The first kappa shape index (κ1) is 22.0. The minimum absolute atomic E-state index is 0.106. The summed E-state index contributed by atoms with van der Waals surface area (Å²) in [5, 5.41) is 21.5. The number of esters is 1. The Morgan fingerprint density at radius 2 is 2.03 bits per heavy atom. The van der Waals surface area contributed by atoms with Gasteiger partial charge in [-0.15, -0.1) is 11.3 Å². The van der Waals surface area contributed by atoms with Crippen LogP contribution in [0.2, 0.25) is 0 Å². The van der Waals surface area contributed by atoms with Crippen LogP contribution in [0.4, 0.5) is 0 Å². The van der Waals surface area contributed by atoms with E-state index in [4.69, 9.17) is 4.74 Å². The number of fused-ring (bicyclic) bond motifs is 1. The number of H-pyrrole nitrogens is 1. The highest BCUT2D eigenvalue weighted by Crippen LogP contribution is 2.27. The molecular weight excluding hydrogens is 452 g/mol. The number of hydrogen-bond donors (Lipinski definition) is 2. The number of aromatic nitrogens is 2. The molecule has 0 saturated carbocycles. The van der Waals surface area contributed by atoms with E-state index in [0.717, 1.165) is 11.3 Å². The molecule has 0 unspecified atom stereocenters. The van der Waals surface area contributed by atoms with Crippen molar-refractivity contribution in [1.29, 1.82) is 5.26 Å². The molecule has 1 fully saturated rings. The first-order valence-corrected chi connectivity index (χ1v) is 12.2. The van der Waals surface area contributed by atoms with Crippen LogP contribution in [-0.2, 0) is 19.6 Å². The zero-order valence-corrected chi connectivity index (χ0v) is 18.5. The van der Waals surface area contributed by atoms with Gasteiger partial charge >= 0.3 is 5.97 Å². The number of para-hydroxylation sites is 2. The lowest BCUT2D eigenvalue weighted by atomic mass is 9.98. The van der Waals surface area contributed by atoms with Gasteiger partial charge in [0.2, 0.25) is 0 Å². The molecule has 0 aliphatic carbocycles. The fourth-order valence-electron chi connectivity index (χ4n) is 3.52. The van der Waals surface area contributed by atoms with Gasteiger partial charge in [0.05, 0.1) is 17.0 Å². The number of ether oxygens (including phenoxy) is 1. The zero-order valence-electron chi connectivity index (χ0n) is 16.9. The fourth-order valence-corrected chi connectivity index (χ4v) is 6.14. The Morgan fingerprint density at radius 1 is 1.28 bits per heavy atom. The van der Waals surface area contributed by atoms with Gasteiger partial charge in [0, 0.05) is 13.1 Å². The van der Waals surface area contributed by atoms with E-state index in [1.165, 1.54) is 4.31 Å². The molecule has 9 nitrogen and oxygen atoms in total. The van der Waals surface area contributed by atoms with Gasteiger partial charge in [0.25, 0.3) is 10.0 Å². The molecule has 0 amide bonds. The number of nitrogens with zero attached hydrogens (tertiary/aromatic N) is 3. The lowest BCUT2D eigenvalue weighted by Gasteiger charge is -2.29. The molecule has 0 radical (unpaired) electrons. The number of allylic oxidation sites excluding steroid dienone is 1. The molecule has 0 atom stereocenters. The lowest BCUT2D eigenvalue weighted by molar-refractivity contribution is -0.149. The van der Waals surface area contributed by atoms with E-state index in [1.54, 1.807) is 35.7 Å². The Hall–Kier alpha value is -3.20. The van der Waals surface area contributed by atoms with Crippen LogP contribution in [0.5, 0.6) is 0 Å². The van der Waals surface area contributed by atoms with E-state index >= 15 is 0 Å². The summed E-state index contributed by atoms with van der Waals surface area (Å²) in [7, 11) is -3.54. The smallest absolute Gasteiger partial charge is 0.309 e. The van der Waals surface area contributed by atoms with Crippen molar-refractivity contribution in [1.82, 2.24) is 14.3 Å². The van der Waals surface area contributed by atoms with Crippen molar-refractivity contribution in [3.8, 4) is 6.07 Å². The Kier molecular flexibility index (Phi) is 6.27. The van der Waals surface area contributed by atoms with Gasteiger partial charge in [0.15, 0.2) is 11.6 Å². The first-order chi connectivity index (χ1) is 15.4. The number of sulfonamides is 1. The molecule has 32 heavy (non-hydrogen) atoms. The minimum Gasteiger partial charge on any atom is -0.507 e. The molecule has 2 aromatic heterocycles. The van der Waals surface area contributed by atoms with Crippen LogP contribution < -0.4 is 0 Å². The summed E-state index contributed by atoms with van der Waals surface area (Å²) < 4.78 is 32.0. The molecular formula is C21H20N4O5S2. The fraction of sp³-hybridized carbons (Fsp3) is 0.286. The summed E-state index contributed by atoms with van der Waals surface area (Å²) in [6.07, 6.45) is 0.644. The third-order valence-corrected chi connectivity index (χ3v) is 8.53. The third kappa shape index (κ3) is 4.38. The monoisotopic (exact) mass is 472 g/mol. The summed E-state index contributed by atoms with van der Waals surface area (Å²) in [5.74, 6) is -1.23. The van der Waals surface area contributed by atoms with Crippen LogP contribution in [0.25, 0.3) is 16.6 Å². The number of hydrogen-bond acceptors (Lipinski definition) is 8. The van der Waals surface area contributed by atoms with Crippen LogP contribution in [0.3, 0.4) is 0 Å². The first-order valence-electron chi connectivity index (χ1n) is 9.88. The topological polar surface area (TPSA) is 136 Å². The molecule has 166 valence electrons. The molecule has 0 bridgehead atoms. The summed E-state index contributed by atoms with van der Waals surface area (Å²) in [4.78, 5) is 19.7. The molecule has 1 aromatic carbocycles. The van der Waals surface area contributed by atoms with Crippen molar-refractivity contribution >= 4 is 43.9 Å². The number of nitriles is 1. The quantitative estimate of drug-likeness (QED) is 0.320. The second kappa shape index (κ2) is 9.12. The van der Waals surface area contributed by atoms with Gasteiger partial charge in [-0.25, -0.2) is 13.4 Å². The van der Waals surface area contributed by atoms with Gasteiger partial charge in [-0.2, -0.15) is 9.57 Å². The average Bonchev–Trinajstić information content (AvgIpc) is 3.48. The number of imidazole rings is 1. The number of carbonyl (C=O) groups excluding carboxylic acids is 1. The molecule has 1 aliphatic heterocycles. The number of carbonyl (C=O) groups is 1. The number of nitrogens with one attached hydrogen (secondary N) is 1. The van der Waals surface area contributed by atoms with Gasteiger partial charge in [-0.3, -0.25) is 4.79 Å². The maximum absolute atomic E-state index is 12.6. The van der Waals surface area contributed by atoms with E-state index in [9.17, 15) is 23.6 Å². The number of thiophene rings is 1. The number of benzene rings is 1. The highest BCUT2D eigenvalue weighted by molar-refractivity contribution is 7.91. The van der Waals surface area contributed by atoms with Crippen molar-refractivity contribution < 1.29 is 23.1 Å². The normalized spacial score (nSPS) is 16.5. The van der Waals surface area contributed by atoms with Crippen LogP contribution >= 0.6 is 11.3 Å². The molecule has 3 heterocycles. The second-order valence-corrected chi connectivity index (χ2v) is 10.4. The van der Waals surface area contributed by atoms with Gasteiger partial charge < -0.3 is 14.8 Å². The van der Waals surface area contributed by atoms with E-state index in [-0.39, 0.29) is 28.7 Å². The Morgan fingerprint density at radius 3 is 2.69 bits per heavy atom. The van der Waals surface area contributed by atoms with E-state index in [1.807, 2.05) is 12.1 Å². The summed E-state index contributed by atoms with van der Waals surface area (Å²) in [6, 6.07) is 12.3. The van der Waals surface area contributed by atoms with Gasteiger partial charge in [-0.1, -0.05) is 18.2 Å². The summed E-state index contributed by atoms with van der Waals surface area (Å²) in [5.41, 5.74) is 1.25. The number of aliphatic hydroxyl groups is 1. The molecule has 11 heteroatoms. The Bertz CT molecular complexity index is 1260. The number of rotatable bonds is 6. The average molecular weight is 473 g/mol. The lowest BCUT2D eigenvalue weighted by Crippen LogP contribution is -2.40. The van der Waals surface area contributed by atoms with Crippen molar-refractivity contribution in [2.45, 2.75) is 17.1 Å². The largest absolute Gasteiger partial charge is 0.507 e. The minimum atomic E-state index is -3.54. The molecule has 4 rings (SSSR count). The highest BCUT2D eigenvalue weighted by Gasteiger charge is 2.33. The predicted molar refractivity (Wildman–Crippen MR) is 118 cm³/mol. The van der Waals surface area contributed by atoms with Crippen molar-refractivity contribution in [3.63, 3.8) is 0 Å². The van der Waals surface area contributed by atoms with Gasteiger partial charge in [-0.05, 0) is 36.4 Å². The maximum atomic E-state index is 12.6. The van der Waals surface area contributed by atoms with Crippen LogP contribution in [0.15, 0.2) is 51.7 Å². The van der Waals surface area contributed by atoms with Crippen LogP contribution in [-0.4, -0.2) is 53.5 Å². The van der Waals surface area contributed by atoms with Crippen LogP contribution in [0.1, 0.15) is 18.7 Å². The Labute approximate surface area is 188 Å². The molecule has 1 aliphatic rings. The third-order valence-electron chi connectivity index (χ3n) is 5.25. The maximum Gasteiger partial charge on any atom is 0.309 e. The molecule has 3 aromatic rings. The van der Waals surface area contributed by atoms with Crippen molar-refractivity contribution in [3.05, 3.63) is 53.4 Å². The summed E-state index contributed by atoms with van der Waals surface area (Å²) in [6.45, 7) is -0.0407. The van der Waals surface area contributed by atoms with Gasteiger partial charge in [0.1, 0.15) is 22.5 Å². The van der Waals surface area contributed by atoms with E-state index < -0.39 is 34.3 Å². The summed E-state index contributed by atoms with van der Waals surface area (Å²) >= 11 is 1.16. The number of aliphatic hydroxyl groups excluding tert-OH is 1. The molecule has 0 spiro atoms. The molecule has 1 saturated heterocycles. The standard InChI is InChI=1S/C21H20N4O5S2/c22-12-15(20-23-16-4-1-2-5-17(16)24-20)18(26)13-30-21(27)14-7-9-25(10-8-14)32(28,29)19-6-3-11-31-19/h1-6,11,14,26H,7-10,13H2,(H,23,24)/b18-15+. The van der Waals surface area contributed by atoms with Crippen molar-refractivity contribution in [2.24, 2.45) is 5.92 Å². The molecule has 2 N–H and O–H groups in total. The highest BCUT2D eigenvalue weighted by atomic mass is 32.2. The van der Waals surface area contributed by atoms with E-state index in [2.05, 4.69) is 9.97 Å². The number of piperidine rings is 1.